The smallest absolute Gasteiger partial charge is 0.138 e. The molecule has 1 aromatic carbocycles. The summed E-state index contributed by atoms with van der Waals surface area (Å²) in [6.45, 7) is 6.52. The molecule has 4 heteroatoms. The number of nitrogens with one attached hydrogen (secondary N) is 1. The lowest BCUT2D eigenvalue weighted by Crippen LogP contribution is -2.14. The summed E-state index contributed by atoms with van der Waals surface area (Å²) >= 11 is 0. The number of ether oxygens (including phenoxy) is 1. The van der Waals surface area contributed by atoms with Gasteiger partial charge in [0.25, 0.3) is 0 Å². The van der Waals surface area contributed by atoms with E-state index in [0.717, 1.165) is 28.6 Å². The van der Waals surface area contributed by atoms with Gasteiger partial charge >= 0.3 is 0 Å². The van der Waals surface area contributed by atoms with Crippen molar-refractivity contribution < 1.29 is 4.74 Å². The van der Waals surface area contributed by atoms with E-state index >= 15 is 0 Å². The van der Waals surface area contributed by atoms with Crippen LogP contribution in [0.1, 0.15) is 26.5 Å². The van der Waals surface area contributed by atoms with Crippen LogP contribution in [0, 0.1) is 0 Å². The summed E-state index contributed by atoms with van der Waals surface area (Å²) in [4.78, 5) is 4.79. The molecule has 0 radical (unpaired) electrons. The zero-order valence-electron chi connectivity index (χ0n) is 13.4. The molecule has 0 fully saturated rings. The quantitative estimate of drug-likeness (QED) is 0.779. The maximum atomic E-state index is 5.21. The molecule has 0 aliphatic heterocycles. The summed E-state index contributed by atoms with van der Waals surface area (Å²) in [5.74, 6) is 1.85. The molecule has 3 rings (SSSR count). The van der Waals surface area contributed by atoms with Crippen molar-refractivity contribution in [2.24, 2.45) is 0 Å². The molecular formula is C18H21N3O. The van der Waals surface area contributed by atoms with Crippen LogP contribution in [-0.4, -0.2) is 16.5 Å². The molecule has 0 aliphatic rings. The fourth-order valence-corrected chi connectivity index (χ4v) is 2.45. The Bertz CT molecular complexity index is 782. The van der Waals surface area contributed by atoms with E-state index in [-0.39, 0.29) is 5.41 Å². The van der Waals surface area contributed by atoms with Crippen LogP contribution < -0.4 is 10.1 Å². The molecule has 0 saturated carbocycles. The van der Waals surface area contributed by atoms with Gasteiger partial charge in [-0.15, -0.1) is 0 Å². The number of aromatic nitrogens is 2. The van der Waals surface area contributed by atoms with Crippen LogP contribution in [0.25, 0.3) is 5.65 Å². The van der Waals surface area contributed by atoms with Crippen molar-refractivity contribution in [1.82, 2.24) is 9.38 Å². The van der Waals surface area contributed by atoms with Gasteiger partial charge in [-0.3, -0.25) is 4.40 Å². The molecule has 0 unspecified atom stereocenters. The fraction of sp³-hybridized carbons (Fsp3) is 0.278. The lowest BCUT2D eigenvalue weighted by Gasteiger charge is -2.18. The van der Waals surface area contributed by atoms with Crippen LogP contribution in [0.5, 0.6) is 5.75 Å². The third kappa shape index (κ3) is 2.64. The van der Waals surface area contributed by atoms with Gasteiger partial charge in [0, 0.05) is 17.3 Å². The fourth-order valence-electron chi connectivity index (χ4n) is 2.45. The van der Waals surface area contributed by atoms with Crippen LogP contribution in [0.2, 0.25) is 0 Å². The first-order valence-corrected chi connectivity index (χ1v) is 7.38. The molecule has 3 aromatic rings. The average Bonchev–Trinajstić information content (AvgIpc) is 2.87. The highest BCUT2D eigenvalue weighted by Crippen LogP contribution is 2.32. The summed E-state index contributed by atoms with van der Waals surface area (Å²) < 4.78 is 7.30. The van der Waals surface area contributed by atoms with Crippen molar-refractivity contribution in [3.05, 3.63) is 54.4 Å². The minimum Gasteiger partial charge on any atom is -0.497 e. The summed E-state index contributed by atoms with van der Waals surface area (Å²) in [5.41, 5.74) is 2.97. The highest BCUT2D eigenvalue weighted by Gasteiger charge is 2.23. The molecule has 1 N–H and O–H groups in total. The average molecular weight is 295 g/mol. The molecule has 0 amide bonds. The van der Waals surface area contributed by atoms with Crippen molar-refractivity contribution >= 4 is 17.2 Å². The lowest BCUT2D eigenvalue weighted by molar-refractivity contribution is 0.415. The van der Waals surface area contributed by atoms with Crippen molar-refractivity contribution in [2.75, 3.05) is 12.4 Å². The normalized spacial score (nSPS) is 11.6. The Morgan fingerprint density at radius 3 is 2.41 bits per heavy atom. The second-order valence-corrected chi connectivity index (χ2v) is 6.34. The first kappa shape index (κ1) is 14.4. The summed E-state index contributed by atoms with van der Waals surface area (Å²) in [6.07, 6.45) is 2.03. The van der Waals surface area contributed by atoms with E-state index in [0.29, 0.717) is 0 Å². The molecule has 0 saturated heterocycles. The molecule has 4 nitrogen and oxygen atoms in total. The van der Waals surface area contributed by atoms with Crippen LogP contribution in [0.3, 0.4) is 0 Å². The van der Waals surface area contributed by atoms with Crippen molar-refractivity contribution in [1.29, 1.82) is 0 Å². The van der Waals surface area contributed by atoms with Gasteiger partial charge in [-0.1, -0.05) is 26.8 Å². The zero-order chi connectivity index (χ0) is 15.7. The molecule has 0 atom stereocenters. The maximum Gasteiger partial charge on any atom is 0.138 e. The molecule has 2 heterocycles. The van der Waals surface area contributed by atoms with Gasteiger partial charge in [0.05, 0.1) is 12.8 Å². The minimum atomic E-state index is -0.0408. The number of pyridine rings is 1. The number of rotatable bonds is 3. The third-order valence-corrected chi connectivity index (χ3v) is 3.59. The Morgan fingerprint density at radius 1 is 1.05 bits per heavy atom. The van der Waals surface area contributed by atoms with Gasteiger partial charge in [0.15, 0.2) is 0 Å². The molecule has 2 aromatic heterocycles. The van der Waals surface area contributed by atoms with Crippen LogP contribution >= 0.6 is 0 Å². The summed E-state index contributed by atoms with van der Waals surface area (Å²) in [6, 6.07) is 14.0. The number of hydrogen-bond acceptors (Lipinski definition) is 3. The van der Waals surface area contributed by atoms with E-state index in [4.69, 9.17) is 9.72 Å². The van der Waals surface area contributed by atoms with E-state index in [1.54, 1.807) is 7.11 Å². The molecule has 114 valence electrons. The number of benzene rings is 1. The topological polar surface area (TPSA) is 38.6 Å². The molecule has 0 bridgehead atoms. The van der Waals surface area contributed by atoms with Crippen molar-refractivity contribution in [3.8, 4) is 5.75 Å². The Hall–Kier alpha value is -2.49. The van der Waals surface area contributed by atoms with Gasteiger partial charge < -0.3 is 10.1 Å². The largest absolute Gasteiger partial charge is 0.497 e. The van der Waals surface area contributed by atoms with E-state index in [2.05, 4.69) is 30.5 Å². The van der Waals surface area contributed by atoms with E-state index in [1.165, 1.54) is 0 Å². The summed E-state index contributed by atoms with van der Waals surface area (Å²) in [5, 5.41) is 3.50. The highest BCUT2D eigenvalue weighted by molar-refractivity contribution is 5.65. The standard InChI is InChI=1S/C18H21N3O/c1-18(2,3)16-17(21-12-6-5-7-15(21)20-16)19-13-8-10-14(22-4)11-9-13/h5-12,19H,1-4H3. The Balaban J connectivity index is 2.07. The van der Waals surface area contributed by atoms with Crippen LogP contribution in [-0.2, 0) is 5.41 Å². The number of hydrogen-bond donors (Lipinski definition) is 1. The lowest BCUT2D eigenvalue weighted by atomic mass is 9.92. The Kier molecular flexibility index (Phi) is 3.53. The number of fused-ring (bicyclic) bond motifs is 1. The minimum absolute atomic E-state index is 0.0408. The third-order valence-electron chi connectivity index (χ3n) is 3.59. The monoisotopic (exact) mass is 295 g/mol. The van der Waals surface area contributed by atoms with Gasteiger partial charge in [0.2, 0.25) is 0 Å². The van der Waals surface area contributed by atoms with Gasteiger partial charge in [0.1, 0.15) is 17.2 Å². The van der Waals surface area contributed by atoms with Crippen LogP contribution in [0.15, 0.2) is 48.7 Å². The molecular weight excluding hydrogens is 274 g/mol. The molecule has 0 spiro atoms. The Morgan fingerprint density at radius 2 is 1.77 bits per heavy atom. The van der Waals surface area contributed by atoms with Gasteiger partial charge in [-0.05, 0) is 36.4 Å². The summed E-state index contributed by atoms with van der Waals surface area (Å²) in [7, 11) is 1.67. The number of methoxy groups -OCH3 is 1. The predicted molar refractivity (Wildman–Crippen MR) is 90.2 cm³/mol. The zero-order valence-corrected chi connectivity index (χ0v) is 13.4. The van der Waals surface area contributed by atoms with E-state index in [9.17, 15) is 0 Å². The Labute approximate surface area is 130 Å². The van der Waals surface area contributed by atoms with Gasteiger partial charge in [-0.25, -0.2) is 4.98 Å². The maximum absolute atomic E-state index is 5.21. The van der Waals surface area contributed by atoms with Crippen LogP contribution in [0.4, 0.5) is 11.5 Å². The number of nitrogens with zero attached hydrogens (tertiary/aromatic N) is 2. The first-order chi connectivity index (χ1) is 10.5. The second kappa shape index (κ2) is 5.37. The van der Waals surface area contributed by atoms with Gasteiger partial charge in [-0.2, -0.15) is 0 Å². The number of imidazole rings is 1. The van der Waals surface area contributed by atoms with Crippen molar-refractivity contribution in [3.63, 3.8) is 0 Å². The highest BCUT2D eigenvalue weighted by atomic mass is 16.5. The second-order valence-electron chi connectivity index (χ2n) is 6.34. The van der Waals surface area contributed by atoms with E-state index < -0.39 is 0 Å². The van der Waals surface area contributed by atoms with E-state index in [1.807, 2.05) is 48.7 Å². The molecule has 22 heavy (non-hydrogen) atoms. The SMILES string of the molecule is COc1ccc(Nc2c(C(C)(C)C)nc3ccccn23)cc1. The van der Waals surface area contributed by atoms with Crippen molar-refractivity contribution in [2.45, 2.75) is 26.2 Å². The molecule has 0 aliphatic carbocycles. The predicted octanol–water partition coefficient (Wildman–Crippen LogP) is 4.38. The first-order valence-electron chi connectivity index (χ1n) is 7.38. The number of anilines is 2.